The Hall–Kier alpha value is -2.53. The van der Waals surface area contributed by atoms with Gasteiger partial charge in [-0.2, -0.15) is 5.10 Å². The van der Waals surface area contributed by atoms with Crippen LogP contribution in [0.2, 0.25) is 15.1 Å². The number of hydrogen-bond acceptors (Lipinski definition) is 3. The lowest BCUT2D eigenvalue weighted by molar-refractivity contribution is -0.120. The first-order chi connectivity index (χ1) is 13.5. The van der Waals surface area contributed by atoms with E-state index < -0.39 is 0 Å². The highest BCUT2D eigenvalue weighted by Crippen LogP contribution is 2.33. The zero-order valence-corrected chi connectivity index (χ0v) is 16.9. The van der Waals surface area contributed by atoms with Gasteiger partial charge in [0.1, 0.15) is 0 Å². The molecule has 1 amide bonds. The molecule has 0 aliphatic heterocycles. The van der Waals surface area contributed by atoms with E-state index in [0.29, 0.717) is 20.8 Å². The van der Waals surface area contributed by atoms with Crippen molar-refractivity contribution in [3.05, 3.63) is 92.9 Å². The number of para-hydroxylation sites is 2. The summed E-state index contributed by atoms with van der Waals surface area (Å²) in [6.45, 7) is 0. The van der Waals surface area contributed by atoms with Crippen molar-refractivity contribution in [3.8, 4) is 0 Å². The summed E-state index contributed by atoms with van der Waals surface area (Å²) in [6.07, 6.45) is 1.64. The second-order valence-electron chi connectivity index (χ2n) is 5.87. The summed E-state index contributed by atoms with van der Waals surface area (Å²) in [6, 6.07) is 19.9. The van der Waals surface area contributed by atoms with Crippen LogP contribution in [0.5, 0.6) is 0 Å². The van der Waals surface area contributed by atoms with Gasteiger partial charge in [-0.1, -0.05) is 77.3 Å². The molecule has 0 unspecified atom stereocenters. The summed E-state index contributed by atoms with van der Waals surface area (Å²) in [5.41, 5.74) is 5.35. The molecule has 0 saturated heterocycles. The van der Waals surface area contributed by atoms with E-state index in [-0.39, 0.29) is 12.3 Å². The number of carbonyl (C=O) groups is 1. The van der Waals surface area contributed by atoms with Crippen molar-refractivity contribution < 1.29 is 4.79 Å². The van der Waals surface area contributed by atoms with Gasteiger partial charge in [0, 0.05) is 16.3 Å². The van der Waals surface area contributed by atoms with Gasteiger partial charge in [0.15, 0.2) is 0 Å². The standard InChI is InChI=1S/C21H16Cl3N3O/c22-16-8-3-1-7-15(16)13-25-27-20(28)12-14-6-2-4-11-19(14)26-21-17(23)9-5-10-18(21)24/h1-11,13,26H,12H2,(H,27,28)/b25-13+. The lowest BCUT2D eigenvalue weighted by Crippen LogP contribution is -2.20. The van der Waals surface area contributed by atoms with Crippen LogP contribution >= 0.6 is 34.8 Å². The molecule has 0 radical (unpaired) electrons. The van der Waals surface area contributed by atoms with E-state index in [1.165, 1.54) is 6.21 Å². The number of amides is 1. The average molecular weight is 433 g/mol. The molecule has 0 aliphatic rings. The number of hydrogen-bond donors (Lipinski definition) is 2. The molecule has 3 rings (SSSR count). The van der Waals surface area contributed by atoms with Crippen LogP contribution in [0.3, 0.4) is 0 Å². The second-order valence-corrected chi connectivity index (χ2v) is 7.09. The van der Waals surface area contributed by atoms with E-state index in [9.17, 15) is 4.79 Å². The van der Waals surface area contributed by atoms with Crippen molar-refractivity contribution in [3.63, 3.8) is 0 Å². The molecular weight excluding hydrogens is 417 g/mol. The molecule has 0 heterocycles. The van der Waals surface area contributed by atoms with Crippen LogP contribution in [0, 0.1) is 0 Å². The third-order valence-electron chi connectivity index (χ3n) is 3.89. The molecule has 0 aliphatic carbocycles. The zero-order valence-electron chi connectivity index (χ0n) is 14.6. The maximum atomic E-state index is 12.3. The fourth-order valence-electron chi connectivity index (χ4n) is 2.51. The first-order valence-electron chi connectivity index (χ1n) is 8.40. The fraction of sp³-hybridized carbons (Fsp3) is 0.0476. The summed E-state index contributed by atoms with van der Waals surface area (Å²) in [5, 5.41) is 8.73. The third-order valence-corrected chi connectivity index (χ3v) is 4.86. The number of hydrazone groups is 1. The van der Waals surface area contributed by atoms with Gasteiger partial charge >= 0.3 is 0 Å². The highest BCUT2D eigenvalue weighted by molar-refractivity contribution is 6.39. The highest BCUT2D eigenvalue weighted by atomic mass is 35.5. The lowest BCUT2D eigenvalue weighted by atomic mass is 10.1. The van der Waals surface area contributed by atoms with Crippen LogP contribution in [-0.2, 0) is 11.2 Å². The normalized spacial score (nSPS) is 10.8. The molecule has 0 fully saturated rings. The SMILES string of the molecule is O=C(Cc1ccccc1Nc1c(Cl)cccc1Cl)N/N=C/c1ccccc1Cl. The van der Waals surface area contributed by atoms with Crippen LogP contribution in [0.1, 0.15) is 11.1 Å². The Morgan fingerprint density at radius 1 is 0.857 bits per heavy atom. The monoisotopic (exact) mass is 431 g/mol. The summed E-state index contributed by atoms with van der Waals surface area (Å²) >= 11 is 18.5. The van der Waals surface area contributed by atoms with E-state index >= 15 is 0 Å². The Labute approximate surface area is 178 Å². The minimum absolute atomic E-state index is 0.130. The average Bonchev–Trinajstić information content (AvgIpc) is 2.67. The number of halogens is 3. The number of benzene rings is 3. The molecule has 0 atom stereocenters. The minimum atomic E-state index is -0.261. The molecular formula is C21H16Cl3N3O. The third kappa shape index (κ3) is 5.26. The maximum Gasteiger partial charge on any atom is 0.244 e. The topological polar surface area (TPSA) is 53.5 Å². The van der Waals surface area contributed by atoms with Crippen LogP contribution in [-0.4, -0.2) is 12.1 Å². The summed E-state index contributed by atoms with van der Waals surface area (Å²) in [4.78, 5) is 12.3. The number of nitrogens with one attached hydrogen (secondary N) is 2. The maximum absolute atomic E-state index is 12.3. The molecule has 28 heavy (non-hydrogen) atoms. The number of anilines is 2. The predicted molar refractivity (Wildman–Crippen MR) is 117 cm³/mol. The van der Waals surface area contributed by atoms with E-state index in [4.69, 9.17) is 34.8 Å². The first kappa shape index (κ1) is 20.2. The Morgan fingerprint density at radius 3 is 2.25 bits per heavy atom. The molecule has 142 valence electrons. The van der Waals surface area contributed by atoms with Crippen molar-refractivity contribution in [2.24, 2.45) is 5.10 Å². The Kier molecular flexibility index (Phi) is 6.93. The molecule has 0 bridgehead atoms. The summed E-state index contributed by atoms with van der Waals surface area (Å²) in [5.74, 6) is -0.261. The molecule has 7 heteroatoms. The zero-order chi connectivity index (χ0) is 19.9. The number of rotatable bonds is 6. The predicted octanol–water partition coefficient (Wildman–Crippen LogP) is 6.08. The molecule has 0 saturated carbocycles. The van der Waals surface area contributed by atoms with Crippen molar-refractivity contribution in [2.75, 3.05) is 5.32 Å². The van der Waals surface area contributed by atoms with Gasteiger partial charge in [-0.25, -0.2) is 5.43 Å². The largest absolute Gasteiger partial charge is 0.353 e. The summed E-state index contributed by atoms with van der Waals surface area (Å²) in [7, 11) is 0. The Bertz CT molecular complexity index is 1000. The Balaban J connectivity index is 1.69. The smallest absolute Gasteiger partial charge is 0.244 e. The van der Waals surface area contributed by atoms with Gasteiger partial charge < -0.3 is 5.32 Å². The highest BCUT2D eigenvalue weighted by Gasteiger charge is 2.11. The van der Waals surface area contributed by atoms with Gasteiger partial charge in [0.2, 0.25) is 5.91 Å². The molecule has 3 aromatic carbocycles. The van der Waals surface area contributed by atoms with Gasteiger partial charge in [-0.05, 0) is 29.8 Å². The van der Waals surface area contributed by atoms with Crippen LogP contribution in [0.4, 0.5) is 11.4 Å². The number of carbonyl (C=O) groups excluding carboxylic acids is 1. The minimum Gasteiger partial charge on any atom is -0.353 e. The van der Waals surface area contributed by atoms with Crippen molar-refractivity contribution in [1.82, 2.24) is 5.43 Å². The van der Waals surface area contributed by atoms with Crippen LogP contribution in [0.15, 0.2) is 71.8 Å². The van der Waals surface area contributed by atoms with Gasteiger partial charge in [-0.3, -0.25) is 4.79 Å². The fourth-order valence-corrected chi connectivity index (χ4v) is 3.19. The lowest BCUT2D eigenvalue weighted by Gasteiger charge is -2.14. The van der Waals surface area contributed by atoms with E-state index in [0.717, 1.165) is 16.8 Å². The first-order valence-corrected chi connectivity index (χ1v) is 9.53. The van der Waals surface area contributed by atoms with Crippen molar-refractivity contribution in [2.45, 2.75) is 6.42 Å². The molecule has 4 nitrogen and oxygen atoms in total. The summed E-state index contributed by atoms with van der Waals surface area (Å²) < 4.78 is 0. The number of nitrogens with zero attached hydrogens (tertiary/aromatic N) is 1. The van der Waals surface area contributed by atoms with E-state index in [1.54, 1.807) is 24.3 Å². The van der Waals surface area contributed by atoms with Crippen LogP contribution in [0.25, 0.3) is 0 Å². The van der Waals surface area contributed by atoms with Crippen LogP contribution < -0.4 is 10.7 Å². The molecule has 0 aromatic heterocycles. The van der Waals surface area contributed by atoms with Crippen molar-refractivity contribution >= 4 is 58.3 Å². The van der Waals surface area contributed by atoms with E-state index in [1.807, 2.05) is 42.5 Å². The molecule has 0 spiro atoms. The van der Waals surface area contributed by atoms with Gasteiger partial charge in [0.05, 0.1) is 28.4 Å². The second kappa shape index (κ2) is 9.60. The van der Waals surface area contributed by atoms with E-state index in [2.05, 4.69) is 15.8 Å². The van der Waals surface area contributed by atoms with Gasteiger partial charge in [-0.15, -0.1) is 0 Å². The Morgan fingerprint density at radius 2 is 1.50 bits per heavy atom. The quantitative estimate of drug-likeness (QED) is 0.366. The molecule has 2 N–H and O–H groups in total. The van der Waals surface area contributed by atoms with Gasteiger partial charge in [0.25, 0.3) is 0 Å². The molecule has 3 aromatic rings. The van der Waals surface area contributed by atoms with Crippen molar-refractivity contribution in [1.29, 1.82) is 0 Å².